The molecule has 1 aromatic rings. The Hall–Kier alpha value is -1.80. The van der Waals surface area contributed by atoms with Gasteiger partial charge in [-0.05, 0) is 24.6 Å². The standard InChI is InChI=1S/C11H17N3O4S/c1-7-4-9(18-3)10(5-8(7)12)19(16,17)14-6-11(15)13-2/h4-5,14H,6,12H2,1-3H3,(H,13,15). The first-order chi connectivity index (χ1) is 8.81. The molecular weight excluding hydrogens is 270 g/mol. The predicted molar refractivity (Wildman–Crippen MR) is 71.4 cm³/mol. The van der Waals surface area contributed by atoms with E-state index in [2.05, 4.69) is 10.0 Å². The highest BCUT2D eigenvalue weighted by Gasteiger charge is 2.21. The predicted octanol–water partition coefficient (Wildman–Crippen LogP) is -0.390. The van der Waals surface area contributed by atoms with E-state index in [0.29, 0.717) is 11.3 Å². The Bertz CT molecular complexity index is 584. The van der Waals surface area contributed by atoms with Gasteiger partial charge in [0, 0.05) is 12.7 Å². The van der Waals surface area contributed by atoms with Crippen molar-refractivity contribution < 1.29 is 17.9 Å². The quantitative estimate of drug-likeness (QED) is 0.639. The van der Waals surface area contributed by atoms with Crippen LogP contribution in [-0.4, -0.2) is 35.0 Å². The highest BCUT2D eigenvalue weighted by atomic mass is 32.2. The van der Waals surface area contributed by atoms with Gasteiger partial charge in [-0.3, -0.25) is 4.79 Å². The van der Waals surface area contributed by atoms with Crippen LogP contribution in [0.25, 0.3) is 0 Å². The van der Waals surface area contributed by atoms with Crippen molar-refractivity contribution in [3.05, 3.63) is 17.7 Å². The molecule has 4 N–H and O–H groups in total. The van der Waals surface area contributed by atoms with Gasteiger partial charge in [0.1, 0.15) is 10.6 Å². The average molecular weight is 287 g/mol. The van der Waals surface area contributed by atoms with Gasteiger partial charge in [0.05, 0.1) is 13.7 Å². The number of nitrogens with two attached hydrogens (primary N) is 1. The molecule has 0 heterocycles. The Balaban J connectivity index is 3.13. The van der Waals surface area contributed by atoms with Gasteiger partial charge < -0.3 is 15.8 Å². The van der Waals surface area contributed by atoms with Crippen LogP contribution in [0.5, 0.6) is 5.75 Å². The summed E-state index contributed by atoms with van der Waals surface area (Å²) in [5.41, 5.74) is 6.74. The number of amides is 1. The third-order valence-corrected chi connectivity index (χ3v) is 3.97. The molecule has 0 aliphatic carbocycles. The molecule has 1 rings (SSSR count). The van der Waals surface area contributed by atoms with Crippen LogP contribution in [0.1, 0.15) is 5.56 Å². The van der Waals surface area contributed by atoms with Crippen molar-refractivity contribution in [2.24, 2.45) is 0 Å². The summed E-state index contributed by atoms with van der Waals surface area (Å²) in [4.78, 5) is 11.0. The van der Waals surface area contributed by atoms with E-state index in [1.807, 2.05) is 0 Å². The number of methoxy groups -OCH3 is 1. The molecule has 0 aliphatic heterocycles. The van der Waals surface area contributed by atoms with Gasteiger partial charge in [-0.1, -0.05) is 0 Å². The number of carbonyl (C=O) groups is 1. The van der Waals surface area contributed by atoms with Crippen molar-refractivity contribution in [2.75, 3.05) is 26.4 Å². The maximum Gasteiger partial charge on any atom is 0.244 e. The number of ether oxygens (including phenoxy) is 1. The molecule has 8 heteroatoms. The number of aryl methyl sites for hydroxylation is 1. The molecule has 0 saturated carbocycles. The monoisotopic (exact) mass is 287 g/mol. The number of hydrogen-bond donors (Lipinski definition) is 3. The first-order valence-corrected chi connectivity index (χ1v) is 6.94. The lowest BCUT2D eigenvalue weighted by Gasteiger charge is -2.12. The summed E-state index contributed by atoms with van der Waals surface area (Å²) in [5.74, 6) is -0.265. The minimum atomic E-state index is -3.86. The van der Waals surface area contributed by atoms with Crippen LogP contribution in [0.3, 0.4) is 0 Å². The number of likely N-dealkylation sites (N-methyl/N-ethyl adjacent to an activating group) is 1. The van der Waals surface area contributed by atoms with Crippen molar-refractivity contribution in [1.82, 2.24) is 10.0 Å². The van der Waals surface area contributed by atoms with Crippen molar-refractivity contribution >= 4 is 21.6 Å². The van der Waals surface area contributed by atoms with E-state index in [0.717, 1.165) is 0 Å². The lowest BCUT2D eigenvalue weighted by Crippen LogP contribution is -2.35. The minimum Gasteiger partial charge on any atom is -0.495 e. The Labute approximate surface area is 112 Å². The smallest absolute Gasteiger partial charge is 0.244 e. The summed E-state index contributed by atoms with van der Waals surface area (Å²) >= 11 is 0. The molecule has 0 aromatic heterocycles. The number of nitrogens with one attached hydrogen (secondary N) is 2. The zero-order valence-corrected chi connectivity index (χ0v) is 11.8. The van der Waals surface area contributed by atoms with Gasteiger partial charge in [-0.25, -0.2) is 13.1 Å². The summed E-state index contributed by atoms with van der Waals surface area (Å²) < 4.78 is 31.3. The Morgan fingerprint density at radius 3 is 2.58 bits per heavy atom. The van der Waals surface area contributed by atoms with Crippen LogP contribution >= 0.6 is 0 Å². The molecule has 106 valence electrons. The van der Waals surface area contributed by atoms with Crippen LogP contribution in [0.4, 0.5) is 5.69 Å². The highest BCUT2D eigenvalue weighted by molar-refractivity contribution is 7.89. The molecular formula is C11H17N3O4S. The fourth-order valence-corrected chi connectivity index (χ4v) is 2.54. The maximum atomic E-state index is 12.1. The molecule has 0 saturated heterocycles. The third-order valence-electron chi connectivity index (χ3n) is 2.54. The SMILES string of the molecule is CNC(=O)CNS(=O)(=O)c1cc(N)c(C)cc1OC. The lowest BCUT2D eigenvalue weighted by atomic mass is 10.2. The fourth-order valence-electron chi connectivity index (χ4n) is 1.37. The molecule has 7 nitrogen and oxygen atoms in total. The van der Waals surface area contributed by atoms with Gasteiger partial charge >= 0.3 is 0 Å². The van der Waals surface area contributed by atoms with Crippen LogP contribution in [0, 0.1) is 6.92 Å². The number of benzene rings is 1. The number of rotatable bonds is 5. The molecule has 0 unspecified atom stereocenters. The van der Waals surface area contributed by atoms with Gasteiger partial charge in [0.2, 0.25) is 15.9 Å². The summed E-state index contributed by atoms with van der Waals surface area (Å²) in [6, 6.07) is 2.84. The molecule has 1 amide bonds. The van der Waals surface area contributed by atoms with E-state index in [-0.39, 0.29) is 17.2 Å². The number of nitrogen functional groups attached to an aromatic ring is 1. The normalized spacial score (nSPS) is 11.1. The van der Waals surface area contributed by atoms with Gasteiger partial charge in [0.25, 0.3) is 0 Å². The van der Waals surface area contributed by atoms with E-state index < -0.39 is 15.9 Å². The van der Waals surface area contributed by atoms with Crippen molar-refractivity contribution in [2.45, 2.75) is 11.8 Å². The highest BCUT2D eigenvalue weighted by Crippen LogP contribution is 2.28. The van der Waals surface area contributed by atoms with E-state index >= 15 is 0 Å². The summed E-state index contributed by atoms with van der Waals surface area (Å²) in [5, 5.41) is 2.32. The minimum absolute atomic E-state index is 0.0954. The molecule has 0 bridgehead atoms. The molecule has 0 radical (unpaired) electrons. The zero-order valence-electron chi connectivity index (χ0n) is 11.0. The van der Waals surface area contributed by atoms with Crippen LogP contribution < -0.4 is 20.5 Å². The molecule has 0 atom stereocenters. The van der Waals surface area contributed by atoms with E-state index in [1.54, 1.807) is 6.92 Å². The van der Waals surface area contributed by atoms with E-state index in [4.69, 9.17) is 10.5 Å². The van der Waals surface area contributed by atoms with E-state index in [9.17, 15) is 13.2 Å². The van der Waals surface area contributed by atoms with Crippen molar-refractivity contribution in [3.63, 3.8) is 0 Å². The Morgan fingerprint density at radius 2 is 2.05 bits per heavy atom. The molecule has 1 aromatic carbocycles. The topological polar surface area (TPSA) is 111 Å². The van der Waals surface area contributed by atoms with Gasteiger partial charge in [-0.2, -0.15) is 0 Å². The molecule has 0 fully saturated rings. The maximum absolute atomic E-state index is 12.1. The average Bonchev–Trinajstić information content (AvgIpc) is 2.38. The number of anilines is 1. The second kappa shape index (κ2) is 5.89. The van der Waals surface area contributed by atoms with Crippen molar-refractivity contribution in [1.29, 1.82) is 0 Å². The second-order valence-electron chi connectivity index (χ2n) is 3.86. The Kier molecular flexibility index (Phi) is 4.73. The largest absolute Gasteiger partial charge is 0.495 e. The molecule has 19 heavy (non-hydrogen) atoms. The summed E-state index contributed by atoms with van der Waals surface area (Å²) in [6.45, 7) is 1.39. The molecule has 0 aliphatic rings. The first kappa shape index (κ1) is 15.3. The van der Waals surface area contributed by atoms with Crippen LogP contribution in [0.15, 0.2) is 17.0 Å². The Morgan fingerprint density at radius 1 is 1.42 bits per heavy atom. The van der Waals surface area contributed by atoms with Gasteiger partial charge in [-0.15, -0.1) is 0 Å². The molecule has 0 spiro atoms. The van der Waals surface area contributed by atoms with Gasteiger partial charge in [0.15, 0.2) is 0 Å². The number of carbonyl (C=O) groups excluding carboxylic acids is 1. The van der Waals surface area contributed by atoms with E-state index in [1.165, 1.54) is 26.3 Å². The summed E-state index contributed by atoms with van der Waals surface area (Å²) in [6.07, 6.45) is 0. The van der Waals surface area contributed by atoms with Crippen LogP contribution in [-0.2, 0) is 14.8 Å². The van der Waals surface area contributed by atoms with Crippen molar-refractivity contribution in [3.8, 4) is 5.75 Å². The number of hydrogen-bond acceptors (Lipinski definition) is 5. The lowest BCUT2D eigenvalue weighted by molar-refractivity contribution is -0.119. The first-order valence-electron chi connectivity index (χ1n) is 5.46. The fraction of sp³-hybridized carbons (Fsp3) is 0.364. The van der Waals surface area contributed by atoms with Crippen LogP contribution in [0.2, 0.25) is 0 Å². The second-order valence-corrected chi connectivity index (χ2v) is 5.59. The third kappa shape index (κ3) is 3.58. The zero-order chi connectivity index (χ0) is 14.6. The summed E-state index contributed by atoms with van der Waals surface area (Å²) in [7, 11) is -1.08. The number of sulfonamides is 1.